The van der Waals surface area contributed by atoms with Gasteiger partial charge >= 0.3 is 0 Å². The van der Waals surface area contributed by atoms with Gasteiger partial charge in [-0.25, -0.2) is 0 Å². The molecule has 0 radical (unpaired) electrons. The SMILES string of the molecule is COc1cccc(C2=NC(N(C)C)SC2=Cc2c(C)c(C#N)c(=O)n(NC(=O)c3ccccc3)c2O)c1. The van der Waals surface area contributed by atoms with E-state index in [-0.39, 0.29) is 16.6 Å². The molecule has 0 spiro atoms. The number of nitrogens with one attached hydrogen (secondary N) is 1. The molecule has 1 atom stereocenters. The highest BCUT2D eigenvalue weighted by Crippen LogP contribution is 2.38. The van der Waals surface area contributed by atoms with Gasteiger partial charge in [-0.3, -0.25) is 24.9 Å². The quantitative estimate of drug-likeness (QED) is 0.515. The molecule has 37 heavy (non-hydrogen) atoms. The van der Waals surface area contributed by atoms with E-state index in [2.05, 4.69) is 5.43 Å². The van der Waals surface area contributed by atoms with Crippen LogP contribution in [0, 0.1) is 18.3 Å². The molecule has 9 nitrogen and oxygen atoms in total. The second-order valence-corrected chi connectivity index (χ2v) is 9.52. The number of rotatable bonds is 6. The number of benzene rings is 2. The van der Waals surface area contributed by atoms with E-state index < -0.39 is 17.3 Å². The first kappa shape index (κ1) is 25.8. The molecule has 0 bridgehead atoms. The average molecular weight is 516 g/mol. The number of hydrogen-bond donors (Lipinski definition) is 2. The molecule has 0 saturated heterocycles. The Hall–Kier alpha value is -4.33. The van der Waals surface area contributed by atoms with Crippen LogP contribution in [0.25, 0.3) is 6.08 Å². The maximum absolute atomic E-state index is 13.0. The highest BCUT2D eigenvalue weighted by Gasteiger charge is 2.28. The number of carbonyl (C=O) groups excluding carboxylic acids is 1. The molecule has 1 aliphatic rings. The summed E-state index contributed by atoms with van der Waals surface area (Å²) in [6.45, 7) is 1.58. The number of carbonyl (C=O) groups is 1. The lowest BCUT2D eigenvalue weighted by Crippen LogP contribution is -2.35. The van der Waals surface area contributed by atoms with Crippen LogP contribution in [0.1, 0.15) is 32.6 Å². The monoisotopic (exact) mass is 515 g/mol. The van der Waals surface area contributed by atoms with Gasteiger partial charge in [-0.05, 0) is 56.9 Å². The van der Waals surface area contributed by atoms with E-state index in [0.717, 1.165) is 5.56 Å². The van der Waals surface area contributed by atoms with Crippen molar-refractivity contribution in [1.29, 1.82) is 5.26 Å². The van der Waals surface area contributed by atoms with E-state index >= 15 is 0 Å². The summed E-state index contributed by atoms with van der Waals surface area (Å²) in [5, 5.41) is 20.9. The standard InChI is InChI=1S/C27H25N5O4S/c1-16-20(14-22-23(29-27(37-22)31(2)3)18-11-8-12-19(13-18)36-4)25(34)32(26(35)21(16)15-28)30-24(33)17-9-6-5-7-10-17/h5-14,27,34H,1-4H3,(H,30,33). The number of nitriles is 1. The first-order valence-electron chi connectivity index (χ1n) is 11.3. The summed E-state index contributed by atoms with van der Waals surface area (Å²) < 4.78 is 6.07. The number of hydrogen-bond acceptors (Lipinski definition) is 8. The molecule has 10 heteroatoms. The van der Waals surface area contributed by atoms with Crippen molar-refractivity contribution in [1.82, 2.24) is 9.58 Å². The van der Waals surface area contributed by atoms with Crippen LogP contribution in [-0.2, 0) is 0 Å². The number of allylic oxidation sites excluding steroid dienone is 1. The molecule has 4 rings (SSSR count). The highest BCUT2D eigenvalue weighted by molar-refractivity contribution is 8.05. The lowest BCUT2D eigenvalue weighted by Gasteiger charge is -2.16. The summed E-state index contributed by atoms with van der Waals surface area (Å²) in [7, 11) is 5.40. The van der Waals surface area contributed by atoms with Crippen molar-refractivity contribution in [3.05, 3.63) is 97.7 Å². The number of thioether (sulfide) groups is 1. The summed E-state index contributed by atoms with van der Waals surface area (Å²) in [6, 6.07) is 17.6. The first-order chi connectivity index (χ1) is 17.7. The van der Waals surface area contributed by atoms with Crippen LogP contribution in [0.2, 0.25) is 0 Å². The summed E-state index contributed by atoms with van der Waals surface area (Å²) in [6.07, 6.45) is 1.68. The van der Waals surface area contributed by atoms with E-state index in [9.17, 15) is 20.0 Å². The molecule has 3 aromatic rings. The molecule has 1 aliphatic heterocycles. The molecule has 0 aliphatic carbocycles. The fraction of sp³-hybridized carbons (Fsp3) is 0.185. The average Bonchev–Trinajstić information content (AvgIpc) is 3.34. The van der Waals surface area contributed by atoms with Gasteiger partial charge in [0.25, 0.3) is 11.5 Å². The second kappa shape index (κ2) is 10.7. The van der Waals surface area contributed by atoms with Crippen LogP contribution >= 0.6 is 11.8 Å². The summed E-state index contributed by atoms with van der Waals surface area (Å²) >= 11 is 1.46. The van der Waals surface area contributed by atoms with Crippen LogP contribution in [0.5, 0.6) is 11.6 Å². The highest BCUT2D eigenvalue weighted by atomic mass is 32.2. The van der Waals surface area contributed by atoms with Crippen molar-refractivity contribution in [3.63, 3.8) is 0 Å². The number of aromatic nitrogens is 1. The lowest BCUT2D eigenvalue weighted by atomic mass is 10.0. The van der Waals surface area contributed by atoms with Gasteiger partial charge < -0.3 is 9.84 Å². The van der Waals surface area contributed by atoms with Gasteiger partial charge in [0.1, 0.15) is 17.4 Å². The fourth-order valence-electron chi connectivity index (χ4n) is 3.77. The third kappa shape index (κ3) is 5.14. The third-order valence-electron chi connectivity index (χ3n) is 5.78. The summed E-state index contributed by atoms with van der Waals surface area (Å²) in [5.41, 5.74) is 3.47. The Bertz CT molecular complexity index is 1520. The predicted molar refractivity (Wildman–Crippen MR) is 145 cm³/mol. The van der Waals surface area contributed by atoms with Gasteiger partial charge in [0.15, 0.2) is 5.50 Å². The maximum atomic E-state index is 13.0. The number of nitrogens with zero attached hydrogens (tertiary/aromatic N) is 4. The minimum Gasteiger partial charge on any atom is -0.497 e. The first-order valence-corrected chi connectivity index (χ1v) is 12.2. The van der Waals surface area contributed by atoms with E-state index in [1.807, 2.05) is 49.3 Å². The number of aromatic hydroxyl groups is 1. The van der Waals surface area contributed by atoms with Crippen molar-refractivity contribution >= 4 is 29.5 Å². The molecular weight excluding hydrogens is 490 g/mol. The Labute approximate surface area is 218 Å². The topological polar surface area (TPSA) is 120 Å². The molecular formula is C27H25N5O4S. The van der Waals surface area contributed by atoms with Crippen molar-refractivity contribution in [3.8, 4) is 17.7 Å². The predicted octanol–water partition coefficient (Wildman–Crippen LogP) is 3.55. The van der Waals surface area contributed by atoms with Gasteiger partial charge in [-0.2, -0.15) is 9.94 Å². The van der Waals surface area contributed by atoms with E-state index in [1.54, 1.807) is 50.4 Å². The Kier molecular flexibility index (Phi) is 7.47. The summed E-state index contributed by atoms with van der Waals surface area (Å²) in [5.74, 6) is -0.427. The number of pyridine rings is 1. The van der Waals surface area contributed by atoms with Gasteiger partial charge in [-0.15, -0.1) is 0 Å². The molecule has 0 saturated carbocycles. The van der Waals surface area contributed by atoms with E-state index in [1.165, 1.54) is 11.8 Å². The molecule has 2 aromatic carbocycles. The summed E-state index contributed by atoms with van der Waals surface area (Å²) in [4.78, 5) is 33.2. The zero-order chi connectivity index (χ0) is 26.7. The van der Waals surface area contributed by atoms with Gasteiger partial charge in [-0.1, -0.05) is 42.1 Å². The van der Waals surface area contributed by atoms with Crippen LogP contribution in [0.15, 0.2) is 69.3 Å². The number of methoxy groups -OCH3 is 1. The van der Waals surface area contributed by atoms with Crippen molar-refractivity contribution in [2.75, 3.05) is 26.6 Å². The second-order valence-electron chi connectivity index (χ2n) is 8.42. The molecule has 2 N–H and O–H groups in total. The molecule has 1 unspecified atom stereocenters. The van der Waals surface area contributed by atoms with Gasteiger partial charge in [0, 0.05) is 21.6 Å². The van der Waals surface area contributed by atoms with Crippen molar-refractivity contribution in [2.45, 2.75) is 12.4 Å². The minimum absolute atomic E-state index is 0.190. The normalized spacial score (nSPS) is 15.9. The van der Waals surface area contributed by atoms with Crippen LogP contribution in [-0.4, -0.2) is 53.0 Å². The number of amides is 1. The molecule has 1 amide bonds. The van der Waals surface area contributed by atoms with Crippen LogP contribution in [0.3, 0.4) is 0 Å². The lowest BCUT2D eigenvalue weighted by molar-refractivity contribution is 0.100. The van der Waals surface area contributed by atoms with Crippen molar-refractivity contribution < 1.29 is 14.6 Å². The Balaban J connectivity index is 1.85. The van der Waals surface area contributed by atoms with Gasteiger partial charge in [0.2, 0.25) is 5.88 Å². The molecule has 0 fully saturated rings. The third-order valence-corrected chi connectivity index (χ3v) is 7.08. The smallest absolute Gasteiger partial charge is 0.290 e. The fourth-order valence-corrected chi connectivity index (χ4v) is 4.83. The van der Waals surface area contributed by atoms with E-state index in [4.69, 9.17) is 9.73 Å². The maximum Gasteiger partial charge on any atom is 0.290 e. The van der Waals surface area contributed by atoms with Crippen molar-refractivity contribution in [2.24, 2.45) is 4.99 Å². The minimum atomic E-state index is -0.823. The van der Waals surface area contributed by atoms with Gasteiger partial charge in [0.05, 0.1) is 12.8 Å². The molecule has 2 heterocycles. The molecule has 188 valence electrons. The Morgan fingerprint density at radius 1 is 1.24 bits per heavy atom. The zero-order valence-electron chi connectivity index (χ0n) is 20.7. The Morgan fingerprint density at radius 2 is 1.97 bits per heavy atom. The zero-order valence-corrected chi connectivity index (χ0v) is 21.5. The van der Waals surface area contributed by atoms with E-state index in [0.29, 0.717) is 32.2 Å². The number of ether oxygens (including phenoxy) is 1. The van der Waals surface area contributed by atoms with Crippen LogP contribution in [0.4, 0.5) is 0 Å². The number of aliphatic imine (C=N–C) groups is 1. The molecule has 1 aromatic heterocycles. The largest absolute Gasteiger partial charge is 0.497 e. The van der Waals surface area contributed by atoms with Crippen LogP contribution < -0.4 is 15.7 Å². The Morgan fingerprint density at radius 3 is 2.62 bits per heavy atom.